The molecule has 2 saturated heterocycles. The van der Waals surface area contributed by atoms with E-state index in [1.54, 1.807) is 5.57 Å². The predicted octanol–water partition coefficient (Wildman–Crippen LogP) is 1.02. The van der Waals surface area contributed by atoms with Crippen molar-refractivity contribution in [2.45, 2.75) is 25.9 Å². The SMILES string of the molecule is CC(CN(C)CC1CCCO1)=C1CNC1. The highest BCUT2D eigenvalue weighted by atomic mass is 16.5. The molecular formula is C12H22N2O. The molecule has 0 radical (unpaired) electrons. The van der Waals surface area contributed by atoms with Crippen molar-refractivity contribution in [3.8, 4) is 0 Å². The highest BCUT2D eigenvalue weighted by Crippen LogP contribution is 2.14. The number of hydrogen-bond acceptors (Lipinski definition) is 3. The minimum absolute atomic E-state index is 0.479. The smallest absolute Gasteiger partial charge is 0.0702 e. The van der Waals surface area contributed by atoms with Crippen LogP contribution in [-0.4, -0.2) is 50.8 Å². The summed E-state index contributed by atoms with van der Waals surface area (Å²) in [5.41, 5.74) is 3.13. The summed E-state index contributed by atoms with van der Waals surface area (Å²) in [6, 6.07) is 0. The lowest BCUT2D eigenvalue weighted by Gasteiger charge is -2.26. The molecule has 0 bridgehead atoms. The lowest BCUT2D eigenvalue weighted by molar-refractivity contribution is 0.0836. The van der Waals surface area contributed by atoms with Crippen molar-refractivity contribution < 1.29 is 4.74 Å². The molecule has 86 valence electrons. The molecule has 0 spiro atoms. The third kappa shape index (κ3) is 3.03. The maximum atomic E-state index is 5.64. The molecule has 1 N–H and O–H groups in total. The Bertz CT molecular complexity index is 238. The van der Waals surface area contributed by atoms with Gasteiger partial charge in [0.25, 0.3) is 0 Å². The number of rotatable bonds is 4. The molecule has 15 heavy (non-hydrogen) atoms. The van der Waals surface area contributed by atoms with E-state index in [1.165, 1.54) is 18.4 Å². The minimum Gasteiger partial charge on any atom is -0.377 e. The van der Waals surface area contributed by atoms with E-state index >= 15 is 0 Å². The Morgan fingerprint density at radius 2 is 2.33 bits per heavy atom. The van der Waals surface area contributed by atoms with Crippen molar-refractivity contribution in [1.82, 2.24) is 10.2 Å². The summed E-state index contributed by atoms with van der Waals surface area (Å²) in [5, 5.41) is 3.29. The second kappa shape index (κ2) is 5.10. The van der Waals surface area contributed by atoms with Crippen LogP contribution in [0, 0.1) is 0 Å². The fraction of sp³-hybridized carbons (Fsp3) is 0.833. The first-order valence-corrected chi connectivity index (χ1v) is 5.94. The molecule has 1 unspecified atom stereocenters. The monoisotopic (exact) mass is 210 g/mol. The molecule has 0 aromatic carbocycles. The van der Waals surface area contributed by atoms with Crippen LogP contribution in [0.2, 0.25) is 0 Å². The fourth-order valence-corrected chi connectivity index (χ4v) is 2.27. The molecule has 2 heterocycles. The zero-order valence-electron chi connectivity index (χ0n) is 9.88. The van der Waals surface area contributed by atoms with Gasteiger partial charge in [0.05, 0.1) is 6.10 Å². The molecule has 2 aliphatic rings. The standard InChI is InChI=1S/C12H22N2O/c1-10(11-6-13-7-11)8-14(2)9-12-4-3-5-15-12/h12-13H,3-9H2,1-2H3. The van der Waals surface area contributed by atoms with Crippen molar-refractivity contribution in [2.75, 3.05) is 39.8 Å². The Morgan fingerprint density at radius 3 is 2.87 bits per heavy atom. The average molecular weight is 210 g/mol. The molecule has 3 nitrogen and oxygen atoms in total. The third-order valence-corrected chi connectivity index (χ3v) is 3.33. The Balaban J connectivity index is 1.73. The van der Waals surface area contributed by atoms with Crippen molar-refractivity contribution in [3.05, 3.63) is 11.1 Å². The molecule has 0 aliphatic carbocycles. The fourth-order valence-electron chi connectivity index (χ4n) is 2.27. The van der Waals surface area contributed by atoms with Crippen molar-refractivity contribution in [1.29, 1.82) is 0 Å². The van der Waals surface area contributed by atoms with Gasteiger partial charge < -0.3 is 10.1 Å². The van der Waals surface area contributed by atoms with Crippen LogP contribution < -0.4 is 5.32 Å². The van der Waals surface area contributed by atoms with Crippen LogP contribution in [-0.2, 0) is 4.74 Å². The van der Waals surface area contributed by atoms with Gasteiger partial charge in [-0.2, -0.15) is 0 Å². The minimum atomic E-state index is 0.479. The molecule has 2 fully saturated rings. The number of nitrogens with zero attached hydrogens (tertiary/aromatic N) is 1. The first-order valence-electron chi connectivity index (χ1n) is 5.94. The van der Waals surface area contributed by atoms with Gasteiger partial charge in [0, 0.05) is 32.8 Å². The number of hydrogen-bond donors (Lipinski definition) is 1. The second-order valence-corrected chi connectivity index (χ2v) is 4.82. The number of likely N-dealkylation sites (N-methyl/N-ethyl adjacent to an activating group) is 1. The molecule has 0 amide bonds. The highest BCUT2D eigenvalue weighted by molar-refractivity contribution is 5.22. The Hall–Kier alpha value is -0.380. The van der Waals surface area contributed by atoms with Gasteiger partial charge >= 0.3 is 0 Å². The van der Waals surface area contributed by atoms with Gasteiger partial charge in [-0.1, -0.05) is 5.57 Å². The molecule has 1 atom stereocenters. The molecule has 2 aliphatic heterocycles. The molecule has 2 rings (SSSR count). The molecule has 0 saturated carbocycles. The van der Waals surface area contributed by atoms with Crippen LogP contribution in [0.1, 0.15) is 19.8 Å². The topological polar surface area (TPSA) is 24.5 Å². The Kier molecular flexibility index (Phi) is 3.78. The van der Waals surface area contributed by atoms with Crippen LogP contribution in [0.5, 0.6) is 0 Å². The normalized spacial score (nSPS) is 25.8. The summed E-state index contributed by atoms with van der Waals surface area (Å²) < 4.78 is 5.64. The summed E-state index contributed by atoms with van der Waals surface area (Å²) in [6.07, 6.45) is 2.96. The first kappa shape index (κ1) is 11.1. The maximum absolute atomic E-state index is 5.64. The average Bonchev–Trinajstić information content (AvgIpc) is 2.52. The molecular weight excluding hydrogens is 188 g/mol. The predicted molar refractivity (Wildman–Crippen MR) is 62.0 cm³/mol. The van der Waals surface area contributed by atoms with Crippen LogP contribution in [0.25, 0.3) is 0 Å². The Labute approximate surface area is 92.5 Å². The van der Waals surface area contributed by atoms with Gasteiger partial charge in [-0.25, -0.2) is 0 Å². The maximum Gasteiger partial charge on any atom is 0.0702 e. The van der Waals surface area contributed by atoms with Crippen molar-refractivity contribution in [3.63, 3.8) is 0 Å². The summed E-state index contributed by atoms with van der Waals surface area (Å²) in [5.74, 6) is 0. The molecule has 0 aromatic rings. The highest BCUT2D eigenvalue weighted by Gasteiger charge is 2.18. The van der Waals surface area contributed by atoms with Gasteiger partial charge in [-0.15, -0.1) is 0 Å². The van der Waals surface area contributed by atoms with Gasteiger partial charge in [-0.05, 0) is 32.4 Å². The Morgan fingerprint density at radius 1 is 1.53 bits per heavy atom. The van der Waals surface area contributed by atoms with Crippen molar-refractivity contribution >= 4 is 0 Å². The summed E-state index contributed by atoms with van der Waals surface area (Å²) in [4.78, 5) is 2.39. The summed E-state index contributed by atoms with van der Waals surface area (Å²) in [6.45, 7) is 7.58. The lowest BCUT2D eigenvalue weighted by Crippen LogP contribution is -2.37. The van der Waals surface area contributed by atoms with E-state index in [0.29, 0.717) is 6.10 Å². The zero-order valence-corrected chi connectivity index (χ0v) is 9.88. The number of nitrogens with one attached hydrogen (secondary N) is 1. The summed E-state index contributed by atoms with van der Waals surface area (Å²) in [7, 11) is 2.19. The quantitative estimate of drug-likeness (QED) is 0.701. The molecule has 3 heteroatoms. The van der Waals surface area contributed by atoms with Crippen LogP contribution in [0.3, 0.4) is 0 Å². The van der Waals surface area contributed by atoms with Crippen molar-refractivity contribution in [2.24, 2.45) is 0 Å². The van der Waals surface area contributed by atoms with Gasteiger partial charge in [-0.3, -0.25) is 4.90 Å². The first-order chi connectivity index (χ1) is 7.25. The van der Waals surface area contributed by atoms with Crippen LogP contribution in [0.4, 0.5) is 0 Å². The zero-order chi connectivity index (χ0) is 10.7. The van der Waals surface area contributed by atoms with Gasteiger partial charge in [0.2, 0.25) is 0 Å². The van der Waals surface area contributed by atoms with E-state index in [1.807, 2.05) is 0 Å². The summed E-state index contributed by atoms with van der Waals surface area (Å²) >= 11 is 0. The van der Waals surface area contributed by atoms with E-state index in [2.05, 4.69) is 24.2 Å². The van der Waals surface area contributed by atoms with Gasteiger partial charge in [0.15, 0.2) is 0 Å². The molecule has 0 aromatic heterocycles. The third-order valence-electron chi connectivity index (χ3n) is 3.33. The van der Waals surface area contributed by atoms with Crippen LogP contribution >= 0.6 is 0 Å². The largest absolute Gasteiger partial charge is 0.377 e. The van der Waals surface area contributed by atoms with E-state index in [0.717, 1.165) is 32.8 Å². The van der Waals surface area contributed by atoms with E-state index in [4.69, 9.17) is 4.74 Å². The second-order valence-electron chi connectivity index (χ2n) is 4.82. The lowest BCUT2D eigenvalue weighted by atomic mass is 10.0. The van der Waals surface area contributed by atoms with Gasteiger partial charge in [0.1, 0.15) is 0 Å². The van der Waals surface area contributed by atoms with Crippen LogP contribution in [0.15, 0.2) is 11.1 Å². The van der Waals surface area contributed by atoms with E-state index in [-0.39, 0.29) is 0 Å². The number of ether oxygens (including phenoxy) is 1. The van der Waals surface area contributed by atoms with E-state index < -0.39 is 0 Å². The van der Waals surface area contributed by atoms with E-state index in [9.17, 15) is 0 Å².